The molecule has 4 heteroatoms. The quantitative estimate of drug-likeness (QED) is 0.904. The first-order valence-electron chi connectivity index (χ1n) is 7.97. The fourth-order valence-electron chi connectivity index (χ4n) is 3.55. The second kappa shape index (κ2) is 6.24. The Kier molecular flexibility index (Phi) is 4.36. The van der Waals surface area contributed by atoms with Gasteiger partial charge in [-0.1, -0.05) is 31.4 Å². The minimum Gasteiger partial charge on any atom is -0.454 e. The van der Waals surface area contributed by atoms with Crippen molar-refractivity contribution in [3.05, 3.63) is 23.8 Å². The van der Waals surface area contributed by atoms with Crippen molar-refractivity contribution in [3.8, 4) is 11.5 Å². The van der Waals surface area contributed by atoms with Crippen molar-refractivity contribution in [2.75, 3.05) is 27.4 Å². The highest BCUT2D eigenvalue weighted by molar-refractivity contribution is 5.48. The molecule has 0 aromatic heterocycles. The third kappa shape index (κ3) is 3.01. The van der Waals surface area contributed by atoms with E-state index >= 15 is 0 Å². The normalized spacial score (nSPS) is 20.0. The van der Waals surface area contributed by atoms with Crippen LogP contribution in [0.2, 0.25) is 0 Å². The number of rotatable bonds is 5. The Hall–Kier alpha value is -1.26. The molecule has 1 saturated carbocycles. The maximum absolute atomic E-state index is 5.57. The zero-order valence-electron chi connectivity index (χ0n) is 13.2. The second-order valence-electron chi connectivity index (χ2n) is 6.43. The smallest absolute Gasteiger partial charge is 0.231 e. The summed E-state index contributed by atoms with van der Waals surface area (Å²) in [6, 6.07) is 6.12. The lowest BCUT2D eigenvalue weighted by molar-refractivity contribution is 0.0982. The molecule has 0 saturated heterocycles. The number of hydrogen-bond donors (Lipinski definition) is 1. The van der Waals surface area contributed by atoms with Crippen molar-refractivity contribution in [3.63, 3.8) is 0 Å². The largest absolute Gasteiger partial charge is 0.454 e. The number of likely N-dealkylation sites (N-methyl/N-ethyl adjacent to an activating group) is 1. The first-order chi connectivity index (χ1) is 10.2. The van der Waals surface area contributed by atoms with E-state index in [0.717, 1.165) is 24.6 Å². The van der Waals surface area contributed by atoms with Gasteiger partial charge in [0.25, 0.3) is 0 Å². The molecule has 21 heavy (non-hydrogen) atoms. The summed E-state index contributed by atoms with van der Waals surface area (Å²) in [5, 5.41) is 3.65. The van der Waals surface area contributed by atoms with Gasteiger partial charge in [-0.2, -0.15) is 0 Å². The van der Waals surface area contributed by atoms with Gasteiger partial charge in [0.1, 0.15) is 0 Å². The van der Waals surface area contributed by atoms with Crippen LogP contribution in [-0.2, 0) is 6.54 Å². The van der Waals surface area contributed by atoms with Gasteiger partial charge < -0.3 is 19.7 Å². The number of ether oxygens (including phenoxy) is 2. The average molecular weight is 290 g/mol. The first kappa shape index (κ1) is 14.7. The molecule has 0 radical (unpaired) electrons. The third-order valence-electron chi connectivity index (χ3n) is 4.98. The van der Waals surface area contributed by atoms with E-state index in [1.165, 1.54) is 37.7 Å². The molecule has 116 valence electrons. The minimum atomic E-state index is 0.313. The summed E-state index contributed by atoms with van der Waals surface area (Å²) in [6.45, 7) is 2.21. The Morgan fingerprint density at radius 1 is 1.14 bits per heavy atom. The number of nitrogens with one attached hydrogen (secondary N) is 1. The Balaban J connectivity index is 1.61. The van der Waals surface area contributed by atoms with Crippen LogP contribution in [0.4, 0.5) is 0 Å². The predicted octanol–water partition coefficient (Wildman–Crippen LogP) is 2.77. The summed E-state index contributed by atoms with van der Waals surface area (Å²) in [6.07, 6.45) is 6.65. The molecular weight excluding hydrogens is 264 g/mol. The number of benzene rings is 1. The highest BCUT2D eigenvalue weighted by Gasteiger charge is 2.33. The van der Waals surface area contributed by atoms with Gasteiger partial charge in [0.15, 0.2) is 11.5 Å². The van der Waals surface area contributed by atoms with Crippen LogP contribution < -0.4 is 14.8 Å². The molecule has 1 aliphatic carbocycles. The maximum atomic E-state index is 5.57. The van der Waals surface area contributed by atoms with Crippen molar-refractivity contribution in [2.45, 2.75) is 44.2 Å². The summed E-state index contributed by atoms with van der Waals surface area (Å²) < 4.78 is 11.0. The van der Waals surface area contributed by atoms with Crippen LogP contribution >= 0.6 is 0 Å². The van der Waals surface area contributed by atoms with Crippen LogP contribution in [0.15, 0.2) is 18.2 Å². The predicted molar refractivity (Wildman–Crippen MR) is 83.8 cm³/mol. The van der Waals surface area contributed by atoms with E-state index in [-0.39, 0.29) is 0 Å². The Morgan fingerprint density at radius 3 is 2.71 bits per heavy atom. The van der Waals surface area contributed by atoms with Gasteiger partial charge in [0, 0.05) is 24.2 Å². The van der Waals surface area contributed by atoms with Crippen LogP contribution in [0.3, 0.4) is 0 Å². The molecule has 3 rings (SSSR count). The van der Waals surface area contributed by atoms with Crippen LogP contribution in [0.1, 0.15) is 37.7 Å². The van der Waals surface area contributed by atoms with E-state index in [2.05, 4.69) is 30.4 Å². The lowest BCUT2D eigenvalue weighted by Crippen LogP contribution is -2.52. The maximum Gasteiger partial charge on any atom is 0.231 e. The van der Waals surface area contributed by atoms with Crippen LogP contribution in [-0.4, -0.2) is 37.9 Å². The fraction of sp³-hybridized carbons (Fsp3) is 0.647. The monoisotopic (exact) mass is 290 g/mol. The molecule has 1 aromatic rings. The Labute approximate surface area is 127 Å². The number of hydrogen-bond acceptors (Lipinski definition) is 4. The molecule has 1 N–H and O–H groups in total. The topological polar surface area (TPSA) is 33.7 Å². The number of para-hydroxylation sites is 1. The Morgan fingerprint density at radius 2 is 1.95 bits per heavy atom. The summed E-state index contributed by atoms with van der Waals surface area (Å²) in [5.41, 5.74) is 1.50. The van der Waals surface area contributed by atoms with Gasteiger partial charge in [-0.05, 0) is 33.0 Å². The van der Waals surface area contributed by atoms with Gasteiger partial charge in [0.05, 0.1) is 0 Å². The molecule has 0 amide bonds. The van der Waals surface area contributed by atoms with Gasteiger partial charge in [-0.25, -0.2) is 0 Å². The van der Waals surface area contributed by atoms with Crippen molar-refractivity contribution in [1.82, 2.24) is 10.2 Å². The van der Waals surface area contributed by atoms with Crippen molar-refractivity contribution >= 4 is 0 Å². The molecule has 0 spiro atoms. The second-order valence-corrected chi connectivity index (χ2v) is 6.43. The summed E-state index contributed by atoms with van der Waals surface area (Å²) in [4.78, 5) is 2.41. The van der Waals surface area contributed by atoms with Crippen molar-refractivity contribution in [2.24, 2.45) is 0 Å². The lowest BCUT2D eigenvalue weighted by Gasteiger charge is -2.43. The average Bonchev–Trinajstić information content (AvgIpc) is 2.97. The molecule has 4 nitrogen and oxygen atoms in total. The van der Waals surface area contributed by atoms with E-state index in [4.69, 9.17) is 9.47 Å². The van der Waals surface area contributed by atoms with Gasteiger partial charge >= 0.3 is 0 Å². The molecular formula is C17H26N2O2. The minimum absolute atomic E-state index is 0.313. The third-order valence-corrected chi connectivity index (χ3v) is 4.98. The molecule has 1 heterocycles. The van der Waals surface area contributed by atoms with Gasteiger partial charge in [-0.3, -0.25) is 0 Å². The zero-order chi connectivity index (χ0) is 14.7. The highest BCUT2D eigenvalue weighted by Crippen LogP contribution is 2.35. The summed E-state index contributed by atoms with van der Waals surface area (Å²) >= 11 is 0. The molecule has 0 atom stereocenters. The highest BCUT2D eigenvalue weighted by atomic mass is 16.7. The molecule has 2 aliphatic rings. The van der Waals surface area contributed by atoms with Crippen molar-refractivity contribution < 1.29 is 9.47 Å². The van der Waals surface area contributed by atoms with E-state index in [1.54, 1.807) is 0 Å². The first-order valence-corrected chi connectivity index (χ1v) is 7.97. The van der Waals surface area contributed by atoms with Gasteiger partial charge in [-0.15, -0.1) is 0 Å². The van der Waals surface area contributed by atoms with E-state index in [1.807, 2.05) is 12.1 Å². The Bertz CT molecular complexity index is 482. The fourth-order valence-corrected chi connectivity index (χ4v) is 3.55. The van der Waals surface area contributed by atoms with Gasteiger partial charge in [0.2, 0.25) is 6.79 Å². The van der Waals surface area contributed by atoms with Crippen LogP contribution in [0.25, 0.3) is 0 Å². The standard InChI is InChI=1S/C17H26N2O2/c1-19(2)17(9-4-3-5-10-17)12-18-11-14-7-6-8-15-16(14)21-13-20-15/h6-8,18H,3-5,9-13H2,1-2H3. The summed E-state index contributed by atoms with van der Waals surface area (Å²) in [5.74, 6) is 1.78. The molecule has 1 fully saturated rings. The number of fused-ring (bicyclic) bond motifs is 1. The molecule has 1 aromatic carbocycles. The van der Waals surface area contributed by atoms with E-state index < -0.39 is 0 Å². The van der Waals surface area contributed by atoms with Crippen molar-refractivity contribution in [1.29, 1.82) is 0 Å². The zero-order valence-corrected chi connectivity index (χ0v) is 13.2. The molecule has 0 unspecified atom stereocenters. The molecule has 0 bridgehead atoms. The van der Waals surface area contributed by atoms with E-state index in [0.29, 0.717) is 12.3 Å². The van der Waals surface area contributed by atoms with Crippen LogP contribution in [0, 0.1) is 0 Å². The van der Waals surface area contributed by atoms with Crippen LogP contribution in [0.5, 0.6) is 11.5 Å². The SMILES string of the molecule is CN(C)C1(CNCc2cccc3c2OCO3)CCCCC1. The summed E-state index contributed by atoms with van der Waals surface area (Å²) in [7, 11) is 4.42. The number of nitrogens with zero attached hydrogens (tertiary/aromatic N) is 1. The van der Waals surface area contributed by atoms with E-state index in [9.17, 15) is 0 Å². The molecule has 1 aliphatic heterocycles. The lowest BCUT2D eigenvalue weighted by atomic mass is 9.80.